The normalized spacial score (nSPS) is 24.2. The first kappa shape index (κ1) is 13.1. The molecule has 1 fully saturated rings. The molecule has 0 radical (unpaired) electrons. The summed E-state index contributed by atoms with van der Waals surface area (Å²) in [6.07, 6.45) is 4.06. The third-order valence-corrected chi connectivity index (χ3v) is 4.36. The lowest BCUT2D eigenvalue weighted by Crippen LogP contribution is -2.38. The third kappa shape index (κ3) is 3.16. The van der Waals surface area contributed by atoms with Gasteiger partial charge in [0, 0.05) is 26.7 Å². The molecule has 104 valence electrons. The summed E-state index contributed by atoms with van der Waals surface area (Å²) in [5, 5.41) is 3.45. The van der Waals surface area contributed by atoms with Crippen molar-refractivity contribution in [1.82, 2.24) is 10.2 Å². The van der Waals surface area contributed by atoms with Crippen molar-refractivity contribution in [3.8, 4) is 0 Å². The monoisotopic (exact) mass is 260 g/mol. The number of rotatable bonds is 3. The van der Waals surface area contributed by atoms with E-state index in [0.717, 1.165) is 26.2 Å². The van der Waals surface area contributed by atoms with Crippen molar-refractivity contribution in [1.29, 1.82) is 0 Å². The number of likely N-dealkylation sites (tertiary alicyclic amines) is 1. The fraction of sp³-hybridized carbons (Fsp3) is 0.625. The van der Waals surface area contributed by atoms with Crippen LogP contribution in [0.5, 0.6) is 0 Å². The van der Waals surface area contributed by atoms with Crippen molar-refractivity contribution in [3.63, 3.8) is 0 Å². The second-order valence-electron chi connectivity index (χ2n) is 5.76. The van der Waals surface area contributed by atoms with Crippen LogP contribution in [0.1, 0.15) is 29.5 Å². The van der Waals surface area contributed by atoms with Crippen molar-refractivity contribution in [2.75, 3.05) is 26.7 Å². The number of nitrogens with one attached hydrogen (secondary N) is 1. The Balaban J connectivity index is 1.66. The van der Waals surface area contributed by atoms with E-state index in [1.54, 1.807) is 0 Å². The van der Waals surface area contributed by atoms with E-state index in [1.165, 1.54) is 42.5 Å². The molecule has 3 rings (SSSR count). The summed E-state index contributed by atoms with van der Waals surface area (Å²) in [6.45, 7) is 5.49. The van der Waals surface area contributed by atoms with Crippen LogP contribution in [0.4, 0.5) is 0 Å². The molecule has 3 nitrogen and oxygen atoms in total. The molecule has 0 saturated carbocycles. The van der Waals surface area contributed by atoms with Gasteiger partial charge in [-0.05, 0) is 49.0 Å². The highest BCUT2D eigenvalue weighted by Gasteiger charge is 2.19. The number of benzene rings is 1. The maximum absolute atomic E-state index is 5.50. The van der Waals surface area contributed by atoms with E-state index in [1.807, 2.05) is 7.11 Å². The molecule has 1 aromatic rings. The molecule has 0 bridgehead atoms. The first-order chi connectivity index (χ1) is 9.35. The minimum absolute atomic E-state index is 0.424. The first-order valence-electron chi connectivity index (χ1n) is 7.41. The Labute approximate surface area is 115 Å². The summed E-state index contributed by atoms with van der Waals surface area (Å²) in [4.78, 5) is 2.52. The summed E-state index contributed by atoms with van der Waals surface area (Å²) < 4.78 is 5.50. The van der Waals surface area contributed by atoms with Gasteiger partial charge in [-0.25, -0.2) is 0 Å². The molecule has 0 aliphatic carbocycles. The SMILES string of the molecule is COC1CCCN(Cc2ccc3c(c2)CNCC3)C1. The summed E-state index contributed by atoms with van der Waals surface area (Å²) in [5.74, 6) is 0. The van der Waals surface area contributed by atoms with Crippen molar-refractivity contribution in [2.45, 2.75) is 38.5 Å². The van der Waals surface area contributed by atoms with Gasteiger partial charge in [-0.1, -0.05) is 18.2 Å². The van der Waals surface area contributed by atoms with Crippen LogP contribution in [0.3, 0.4) is 0 Å². The Morgan fingerprint density at radius 3 is 3.21 bits per heavy atom. The molecule has 1 N–H and O–H groups in total. The maximum atomic E-state index is 5.50. The van der Waals surface area contributed by atoms with Gasteiger partial charge in [0.25, 0.3) is 0 Å². The molecule has 0 amide bonds. The fourth-order valence-electron chi connectivity index (χ4n) is 3.24. The number of piperidine rings is 1. The topological polar surface area (TPSA) is 24.5 Å². The van der Waals surface area contributed by atoms with Crippen molar-refractivity contribution in [2.24, 2.45) is 0 Å². The lowest BCUT2D eigenvalue weighted by Gasteiger charge is -2.32. The van der Waals surface area contributed by atoms with Crippen LogP contribution in [-0.2, 0) is 24.2 Å². The van der Waals surface area contributed by atoms with Crippen LogP contribution < -0.4 is 5.32 Å². The molecule has 2 aliphatic heterocycles. The van der Waals surface area contributed by atoms with Crippen molar-refractivity contribution in [3.05, 3.63) is 34.9 Å². The number of hydrogen-bond acceptors (Lipinski definition) is 3. The lowest BCUT2D eigenvalue weighted by atomic mass is 9.98. The van der Waals surface area contributed by atoms with Gasteiger partial charge in [-0.15, -0.1) is 0 Å². The fourth-order valence-corrected chi connectivity index (χ4v) is 3.24. The number of fused-ring (bicyclic) bond motifs is 1. The number of ether oxygens (including phenoxy) is 1. The van der Waals surface area contributed by atoms with Crippen LogP contribution in [-0.4, -0.2) is 37.7 Å². The largest absolute Gasteiger partial charge is 0.380 e. The van der Waals surface area contributed by atoms with Gasteiger partial charge in [0.2, 0.25) is 0 Å². The molecule has 3 heteroatoms. The van der Waals surface area contributed by atoms with E-state index in [2.05, 4.69) is 28.4 Å². The van der Waals surface area contributed by atoms with E-state index in [-0.39, 0.29) is 0 Å². The molecular weight excluding hydrogens is 236 g/mol. The zero-order valence-electron chi connectivity index (χ0n) is 11.8. The van der Waals surface area contributed by atoms with Crippen LogP contribution >= 0.6 is 0 Å². The Morgan fingerprint density at radius 2 is 2.32 bits per heavy atom. The maximum Gasteiger partial charge on any atom is 0.0698 e. The van der Waals surface area contributed by atoms with Gasteiger partial charge in [0.1, 0.15) is 0 Å². The standard InChI is InChI=1S/C16H24N2O/c1-19-16-3-2-8-18(12-16)11-13-4-5-14-6-7-17-10-15(14)9-13/h4-5,9,16-17H,2-3,6-8,10-12H2,1H3. The van der Waals surface area contributed by atoms with Gasteiger partial charge < -0.3 is 10.1 Å². The third-order valence-electron chi connectivity index (χ3n) is 4.36. The van der Waals surface area contributed by atoms with Gasteiger partial charge in [0.05, 0.1) is 6.10 Å². The van der Waals surface area contributed by atoms with Crippen LogP contribution in [0.2, 0.25) is 0 Å². The molecular formula is C16H24N2O. The minimum Gasteiger partial charge on any atom is -0.380 e. The molecule has 19 heavy (non-hydrogen) atoms. The first-order valence-corrected chi connectivity index (χ1v) is 7.41. The van der Waals surface area contributed by atoms with Gasteiger partial charge >= 0.3 is 0 Å². The summed E-state index contributed by atoms with van der Waals surface area (Å²) in [5.41, 5.74) is 4.46. The van der Waals surface area contributed by atoms with Crippen molar-refractivity contribution < 1.29 is 4.74 Å². The van der Waals surface area contributed by atoms with E-state index in [9.17, 15) is 0 Å². The number of nitrogens with zero attached hydrogens (tertiary/aromatic N) is 1. The quantitative estimate of drug-likeness (QED) is 0.899. The van der Waals surface area contributed by atoms with Gasteiger partial charge in [-0.3, -0.25) is 4.90 Å². The molecule has 1 unspecified atom stereocenters. The van der Waals surface area contributed by atoms with Crippen LogP contribution in [0.15, 0.2) is 18.2 Å². The van der Waals surface area contributed by atoms with Gasteiger partial charge in [0.15, 0.2) is 0 Å². The average Bonchev–Trinajstić information content (AvgIpc) is 2.47. The molecule has 2 heterocycles. The molecule has 2 aliphatic rings. The summed E-state index contributed by atoms with van der Waals surface area (Å²) in [7, 11) is 1.83. The zero-order valence-corrected chi connectivity index (χ0v) is 11.8. The van der Waals surface area contributed by atoms with Gasteiger partial charge in [-0.2, -0.15) is 0 Å². The summed E-state index contributed by atoms with van der Waals surface area (Å²) >= 11 is 0. The molecule has 0 spiro atoms. The Hall–Kier alpha value is -0.900. The smallest absolute Gasteiger partial charge is 0.0698 e. The van der Waals surface area contributed by atoms with E-state index in [0.29, 0.717) is 6.10 Å². The second kappa shape index (κ2) is 6.04. The molecule has 1 atom stereocenters. The highest BCUT2D eigenvalue weighted by Crippen LogP contribution is 2.19. The minimum atomic E-state index is 0.424. The lowest BCUT2D eigenvalue weighted by molar-refractivity contribution is 0.0285. The second-order valence-corrected chi connectivity index (χ2v) is 5.76. The number of methoxy groups -OCH3 is 1. The average molecular weight is 260 g/mol. The van der Waals surface area contributed by atoms with Crippen molar-refractivity contribution >= 4 is 0 Å². The Kier molecular flexibility index (Phi) is 4.16. The van der Waals surface area contributed by atoms with Crippen LogP contribution in [0, 0.1) is 0 Å². The predicted molar refractivity (Wildman–Crippen MR) is 77.2 cm³/mol. The zero-order chi connectivity index (χ0) is 13.1. The van der Waals surface area contributed by atoms with E-state index >= 15 is 0 Å². The predicted octanol–water partition coefficient (Wildman–Crippen LogP) is 1.94. The highest BCUT2D eigenvalue weighted by atomic mass is 16.5. The van der Waals surface area contributed by atoms with Crippen LogP contribution in [0.25, 0.3) is 0 Å². The molecule has 1 saturated heterocycles. The Bertz CT molecular complexity index is 433. The highest BCUT2D eigenvalue weighted by molar-refractivity contribution is 5.33. The van der Waals surface area contributed by atoms with E-state index < -0.39 is 0 Å². The van der Waals surface area contributed by atoms with E-state index in [4.69, 9.17) is 4.74 Å². The number of hydrogen-bond donors (Lipinski definition) is 1. The molecule has 0 aromatic heterocycles. The molecule has 1 aromatic carbocycles. The Morgan fingerprint density at radius 1 is 1.37 bits per heavy atom. The summed E-state index contributed by atoms with van der Waals surface area (Å²) in [6, 6.07) is 7.02.